The molecule has 9 aromatic rings. The zero-order valence-electron chi connectivity index (χ0n) is 27.5. The van der Waals surface area contributed by atoms with Crippen LogP contribution < -0.4 is 9.80 Å². The van der Waals surface area contributed by atoms with Gasteiger partial charge in [-0.15, -0.1) is 0 Å². The molecule has 9 aromatic carbocycles. The Bertz CT molecular complexity index is 2610. The first kappa shape index (κ1) is 29.5. The molecule has 9 rings (SSSR count). The normalized spacial score (nSPS) is 11.2. The molecule has 0 aromatic heterocycles. The van der Waals surface area contributed by atoms with Gasteiger partial charge in [-0.05, 0) is 98.5 Å². The molecule has 50 heavy (non-hydrogen) atoms. The van der Waals surface area contributed by atoms with Gasteiger partial charge in [-0.3, -0.25) is 0 Å². The van der Waals surface area contributed by atoms with Gasteiger partial charge in [0.05, 0.1) is 5.69 Å². The lowest BCUT2D eigenvalue weighted by Gasteiger charge is -2.31. The van der Waals surface area contributed by atoms with Crippen molar-refractivity contribution in [2.45, 2.75) is 0 Å². The zero-order chi connectivity index (χ0) is 33.3. The Morgan fingerprint density at radius 1 is 0.260 bits per heavy atom. The van der Waals surface area contributed by atoms with Gasteiger partial charge in [0.15, 0.2) is 0 Å². The van der Waals surface area contributed by atoms with Gasteiger partial charge in [0, 0.05) is 34.0 Å². The molecule has 0 aliphatic heterocycles. The molecule has 0 amide bonds. The van der Waals surface area contributed by atoms with Crippen LogP contribution in [0.25, 0.3) is 43.4 Å². The van der Waals surface area contributed by atoms with Crippen LogP contribution in [-0.4, -0.2) is 0 Å². The first-order valence-electron chi connectivity index (χ1n) is 17.1. The molecule has 0 radical (unpaired) electrons. The summed E-state index contributed by atoms with van der Waals surface area (Å²) in [5, 5.41) is 7.30. The molecule has 0 N–H and O–H groups in total. The quantitative estimate of drug-likeness (QED) is 0.171. The fourth-order valence-corrected chi connectivity index (χ4v) is 7.21. The van der Waals surface area contributed by atoms with Gasteiger partial charge in [-0.25, -0.2) is 0 Å². The van der Waals surface area contributed by atoms with Gasteiger partial charge >= 0.3 is 0 Å². The Hall–Kier alpha value is -6.64. The fraction of sp³-hybridized carbons (Fsp3) is 0. The molecular weight excluding hydrogens is 605 g/mol. The average molecular weight is 639 g/mol. The van der Waals surface area contributed by atoms with Crippen LogP contribution >= 0.6 is 0 Å². The second kappa shape index (κ2) is 12.8. The van der Waals surface area contributed by atoms with Crippen molar-refractivity contribution in [2.24, 2.45) is 0 Å². The SMILES string of the molecule is c1ccc(-c2c(N(c3cccc(N(c4ccccc4)c4ccc5ccccc5c4)c3)c3ccc4ccccc4c3)ccc3ccccc23)cc1. The van der Waals surface area contributed by atoms with Crippen LogP contribution in [-0.2, 0) is 0 Å². The predicted octanol–water partition coefficient (Wildman–Crippen LogP) is 13.8. The fourth-order valence-electron chi connectivity index (χ4n) is 7.21. The molecule has 2 heteroatoms. The molecule has 2 nitrogen and oxygen atoms in total. The van der Waals surface area contributed by atoms with Gasteiger partial charge in [-0.1, -0.05) is 146 Å². The predicted molar refractivity (Wildman–Crippen MR) is 214 cm³/mol. The van der Waals surface area contributed by atoms with Crippen LogP contribution in [0.1, 0.15) is 0 Å². The highest BCUT2D eigenvalue weighted by Crippen LogP contribution is 2.46. The molecule has 0 saturated heterocycles. The van der Waals surface area contributed by atoms with E-state index in [2.05, 4.69) is 216 Å². The Labute approximate surface area is 292 Å². The van der Waals surface area contributed by atoms with E-state index in [4.69, 9.17) is 0 Å². The van der Waals surface area contributed by atoms with E-state index in [-0.39, 0.29) is 0 Å². The highest BCUT2D eigenvalue weighted by molar-refractivity contribution is 6.06. The first-order valence-corrected chi connectivity index (χ1v) is 17.1. The minimum atomic E-state index is 1.08. The maximum Gasteiger partial charge on any atom is 0.0546 e. The summed E-state index contributed by atoms with van der Waals surface area (Å²) in [5.74, 6) is 0. The number of para-hydroxylation sites is 1. The second-order valence-electron chi connectivity index (χ2n) is 12.6. The van der Waals surface area contributed by atoms with Crippen molar-refractivity contribution in [1.29, 1.82) is 0 Å². The third-order valence-corrected chi connectivity index (χ3v) is 9.55. The summed E-state index contributed by atoms with van der Waals surface area (Å²) in [6.07, 6.45) is 0. The number of benzene rings is 9. The minimum Gasteiger partial charge on any atom is -0.310 e. The number of anilines is 6. The Kier molecular flexibility index (Phi) is 7.53. The van der Waals surface area contributed by atoms with Crippen molar-refractivity contribution < 1.29 is 0 Å². The molecular formula is C48H34N2. The molecule has 0 heterocycles. The number of fused-ring (bicyclic) bond motifs is 3. The van der Waals surface area contributed by atoms with Crippen LogP contribution in [0.15, 0.2) is 206 Å². The van der Waals surface area contributed by atoms with Crippen molar-refractivity contribution in [2.75, 3.05) is 9.80 Å². The zero-order valence-corrected chi connectivity index (χ0v) is 27.5. The molecule has 0 aliphatic rings. The third-order valence-electron chi connectivity index (χ3n) is 9.55. The molecule has 0 saturated carbocycles. The van der Waals surface area contributed by atoms with E-state index < -0.39 is 0 Å². The molecule has 236 valence electrons. The van der Waals surface area contributed by atoms with E-state index in [1.165, 1.54) is 43.4 Å². The lowest BCUT2D eigenvalue weighted by molar-refractivity contribution is 1.26. The van der Waals surface area contributed by atoms with E-state index >= 15 is 0 Å². The van der Waals surface area contributed by atoms with Gasteiger partial charge in [0.25, 0.3) is 0 Å². The largest absolute Gasteiger partial charge is 0.310 e. The first-order chi connectivity index (χ1) is 24.8. The second-order valence-corrected chi connectivity index (χ2v) is 12.6. The molecule has 0 unspecified atom stereocenters. The van der Waals surface area contributed by atoms with Crippen LogP contribution in [0.3, 0.4) is 0 Å². The van der Waals surface area contributed by atoms with Gasteiger partial charge < -0.3 is 9.80 Å². The maximum absolute atomic E-state index is 2.42. The molecule has 0 spiro atoms. The number of hydrogen-bond acceptors (Lipinski definition) is 2. The van der Waals surface area contributed by atoms with Gasteiger partial charge in [-0.2, -0.15) is 0 Å². The lowest BCUT2D eigenvalue weighted by Crippen LogP contribution is -2.14. The highest BCUT2D eigenvalue weighted by Gasteiger charge is 2.21. The van der Waals surface area contributed by atoms with E-state index in [0.717, 1.165) is 34.1 Å². The summed E-state index contributed by atoms with van der Waals surface area (Å²) in [6, 6.07) is 74.3. The standard InChI is InChI=1S/C48H34N2/c1-3-17-38(18-4-1)48-46-25-12-11-16-37(46)28-31-47(48)50(45-30-27-36-15-8-10-20-40(36)33-45)43-24-13-23-42(34-43)49(41-21-5-2-6-22-41)44-29-26-35-14-7-9-19-39(35)32-44/h1-34H. The number of hydrogen-bond donors (Lipinski definition) is 0. The summed E-state index contributed by atoms with van der Waals surface area (Å²) in [7, 11) is 0. The monoisotopic (exact) mass is 638 g/mol. The lowest BCUT2D eigenvalue weighted by atomic mass is 9.95. The summed E-state index contributed by atoms with van der Waals surface area (Å²) in [6.45, 7) is 0. The number of rotatable bonds is 7. The van der Waals surface area contributed by atoms with E-state index in [1.807, 2.05) is 0 Å². The Balaban J connectivity index is 1.29. The van der Waals surface area contributed by atoms with E-state index in [9.17, 15) is 0 Å². The van der Waals surface area contributed by atoms with Crippen LogP contribution in [0, 0.1) is 0 Å². The third kappa shape index (κ3) is 5.43. The number of nitrogens with zero attached hydrogens (tertiary/aromatic N) is 2. The molecule has 0 bridgehead atoms. The van der Waals surface area contributed by atoms with E-state index in [1.54, 1.807) is 0 Å². The minimum absolute atomic E-state index is 1.08. The summed E-state index contributed by atoms with van der Waals surface area (Å²) < 4.78 is 0. The Morgan fingerprint density at radius 3 is 1.38 bits per heavy atom. The van der Waals surface area contributed by atoms with Crippen molar-refractivity contribution >= 4 is 66.4 Å². The summed E-state index contributed by atoms with van der Waals surface area (Å²) in [4.78, 5) is 4.78. The van der Waals surface area contributed by atoms with Crippen LogP contribution in [0.2, 0.25) is 0 Å². The van der Waals surface area contributed by atoms with E-state index in [0.29, 0.717) is 0 Å². The topological polar surface area (TPSA) is 6.48 Å². The van der Waals surface area contributed by atoms with Crippen molar-refractivity contribution in [3.63, 3.8) is 0 Å². The smallest absolute Gasteiger partial charge is 0.0546 e. The molecule has 0 fully saturated rings. The Morgan fingerprint density at radius 2 is 0.720 bits per heavy atom. The average Bonchev–Trinajstić information content (AvgIpc) is 3.19. The van der Waals surface area contributed by atoms with Crippen LogP contribution in [0.4, 0.5) is 34.1 Å². The molecule has 0 atom stereocenters. The van der Waals surface area contributed by atoms with Crippen molar-refractivity contribution in [3.05, 3.63) is 206 Å². The van der Waals surface area contributed by atoms with Crippen molar-refractivity contribution in [1.82, 2.24) is 0 Å². The maximum atomic E-state index is 2.42. The van der Waals surface area contributed by atoms with Gasteiger partial charge in [0.2, 0.25) is 0 Å². The van der Waals surface area contributed by atoms with Crippen molar-refractivity contribution in [3.8, 4) is 11.1 Å². The van der Waals surface area contributed by atoms with Crippen LogP contribution in [0.5, 0.6) is 0 Å². The van der Waals surface area contributed by atoms with Gasteiger partial charge in [0.1, 0.15) is 0 Å². The summed E-state index contributed by atoms with van der Waals surface area (Å²) >= 11 is 0. The highest BCUT2D eigenvalue weighted by atomic mass is 15.2. The molecule has 0 aliphatic carbocycles. The summed E-state index contributed by atoms with van der Waals surface area (Å²) in [5.41, 5.74) is 8.99.